The summed E-state index contributed by atoms with van der Waals surface area (Å²) in [4.78, 5) is 24.4. The number of nitrogens with one attached hydrogen (secondary N) is 1. The molecule has 27 heavy (non-hydrogen) atoms. The number of unbranched alkanes of at least 4 members (excludes halogenated alkanes) is 2. The normalized spacial score (nSPS) is 12.0. The Morgan fingerprint density at radius 1 is 0.963 bits per heavy atom. The molecule has 0 fully saturated rings. The second kappa shape index (κ2) is 9.21. The number of amides is 1. The van der Waals surface area contributed by atoms with E-state index >= 15 is 0 Å². The number of ketones is 1. The fraction of sp³-hybridized carbons (Fsp3) is 0.364. The third kappa shape index (κ3) is 5.33. The Hall–Kier alpha value is -2.82. The van der Waals surface area contributed by atoms with E-state index in [1.165, 1.54) is 24.8 Å². The molecule has 0 saturated heterocycles. The fourth-order valence-electron chi connectivity index (χ4n) is 3.01. The zero-order valence-corrected chi connectivity index (χ0v) is 15.6. The SMILES string of the molecule is CCCCCc1ccc(C(=O)CCC(=O)Nc2ccc3c(c2)OCO3)cc1. The van der Waals surface area contributed by atoms with Crippen LogP contribution in [0.15, 0.2) is 42.5 Å². The molecule has 0 radical (unpaired) electrons. The third-order valence-electron chi connectivity index (χ3n) is 4.58. The monoisotopic (exact) mass is 367 g/mol. The van der Waals surface area contributed by atoms with Crippen LogP contribution in [0.2, 0.25) is 0 Å². The van der Waals surface area contributed by atoms with E-state index in [1.54, 1.807) is 18.2 Å². The van der Waals surface area contributed by atoms with Crippen LogP contribution in [-0.4, -0.2) is 18.5 Å². The van der Waals surface area contributed by atoms with Gasteiger partial charge in [-0.1, -0.05) is 44.0 Å². The van der Waals surface area contributed by atoms with Gasteiger partial charge in [-0.15, -0.1) is 0 Å². The van der Waals surface area contributed by atoms with Gasteiger partial charge in [0.1, 0.15) is 0 Å². The first kappa shape index (κ1) is 19.0. The number of aryl methyl sites for hydroxylation is 1. The Bertz CT molecular complexity index is 798. The van der Waals surface area contributed by atoms with Crippen molar-refractivity contribution in [3.63, 3.8) is 0 Å². The van der Waals surface area contributed by atoms with Crippen LogP contribution in [-0.2, 0) is 11.2 Å². The second-order valence-corrected chi connectivity index (χ2v) is 6.69. The number of ether oxygens (including phenoxy) is 2. The molecule has 3 rings (SSSR count). The van der Waals surface area contributed by atoms with Gasteiger partial charge in [0.15, 0.2) is 17.3 Å². The van der Waals surface area contributed by atoms with E-state index in [2.05, 4.69) is 12.2 Å². The quantitative estimate of drug-likeness (QED) is 0.513. The molecule has 0 spiro atoms. The molecule has 1 heterocycles. The highest BCUT2D eigenvalue weighted by Gasteiger charge is 2.15. The van der Waals surface area contributed by atoms with Crippen molar-refractivity contribution < 1.29 is 19.1 Å². The van der Waals surface area contributed by atoms with Gasteiger partial charge in [0.2, 0.25) is 12.7 Å². The minimum Gasteiger partial charge on any atom is -0.454 e. The highest BCUT2D eigenvalue weighted by molar-refractivity contribution is 6.00. The van der Waals surface area contributed by atoms with Crippen LogP contribution < -0.4 is 14.8 Å². The summed E-state index contributed by atoms with van der Waals surface area (Å²) in [5, 5.41) is 2.79. The highest BCUT2D eigenvalue weighted by atomic mass is 16.7. The van der Waals surface area contributed by atoms with E-state index in [1.807, 2.05) is 24.3 Å². The minimum atomic E-state index is -0.196. The Balaban J connectivity index is 1.46. The fourth-order valence-corrected chi connectivity index (χ4v) is 3.01. The zero-order valence-electron chi connectivity index (χ0n) is 15.6. The van der Waals surface area contributed by atoms with E-state index < -0.39 is 0 Å². The smallest absolute Gasteiger partial charge is 0.231 e. The molecule has 1 N–H and O–H groups in total. The van der Waals surface area contributed by atoms with Gasteiger partial charge in [-0.3, -0.25) is 9.59 Å². The number of anilines is 1. The maximum Gasteiger partial charge on any atom is 0.231 e. The van der Waals surface area contributed by atoms with Gasteiger partial charge in [-0.25, -0.2) is 0 Å². The first-order valence-corrected chi connectivity index (χ1v) is 9.47. The summed E-state index contributed by atoms with van der Waals surface area (Å²) in [5.74, 6) is 1.07. The average molecular weight is 367 g/mol. The Morgan fingerprint density at radius 2 is 1.74 bits per heavy atom. The Kier molecular flexibility index (Phi) is 6.47. The van der Waals surface area contributed by atoms with Crippen molar-refractivity contribution in [1.29, 1.82) is 0 Å². The number of benzene rings is 2. The summed E-state index contributed by atoms with van der Waals surface area (Å²) in [5.41, 5.74) is 2.54. The summed E-state index contributed by atoms with van der Waals surface area (Å²) in [6.07, 6.45) is 4.96. The van der Waals surface area contributed by atoms with Crippen LogP contribution in [0.25, 0.3) is 0 Å². The molecule has 1 aliphatic rings. The summed E-state index contributed by atoms with van der Waals surface area (Å²) >= 11 is 0. The van der Waals surface area contributed by atoms with Crippen molar-refractivity contribution >= 4 is 17.4 Å². The lowest BCUT2D eigenvalue weighted by Crippen LogP contribution is -2.13. The van der Waals surface area contributed by atoms with Crippen molar-refractivity contribution in [2.45, 2.75) is 45.4 Å². The van der Waals surface area contributed by atoms with Gasteiger partial charge < -0.3 is 14.8 Å². The lowest BCUT2D eigenvalue weighted by molar-refractivity contribution is -0.116. The van der Waals surface area contributed by atoms with Crippen molar-refractivity contribution in [3.8, 4) is 11.5 Å². The maximum atomic E-state index is 12.3. The molecule has 0 bridgehead atoms. The van der Waals surface area contributed by atoms with Crippen molar-refractivity contribution in [2.24, 2.45) is 0 Å². The van der Waals surface area contributed by atoms with Gasteiger partial charge >= 0.3 is 0 Å². The Morgan fingerprint density at radius 3 is 2.52 bits per heavy atom. The van der Waals surface area contributed by atoms with Crippen LogP contribution in [0, 0.1) is 0 Å². The topological polar surface area (TPSA) is 64.6 Å². The number of fused-ring (bicyclic) bond motifs is 1. The van der Waals surface area contributed by atoms with Crippen LogP contribution in [0.3, 0.4) is 0 Å². The zero-order chi connectivity index (χ0) is 19.1. The van der Waals surface area contributed by atoms with Crippen LogP contribution >= 0.6 is 0 Å². The van der Waals surface area contributed by atoms with Crippen molar-refractivity contribution in [3.05, 3.63) is 53.6 Å². The van der Waals surface area contributed by atoms with Gasteiger partial charge in [0.25, 0.3) is 0 Å². The molecule has 0 aliphatic carbocycles. The molecule has 5 heteroatoms. The molecule has 2 aromatic carbocycles. The number of hydrogen-bond donors (Lipinski definition) is 1. The van der Waals surface area contributed by atoms with Gasteiger partial charge in [-0.2, -0.15) is 0 Å². The van der Waals surface area contributed by atoms with Crippen molar-refractivity contribution in [2.75, 3.05) is 12.1 Å². The van der Waals surface area contributed by atoms with Gasteiger partial charge in [0, 0.05) is 30.2 Å². The predicted octanol–water partition coefficient (Wildman–Crippen LogP) is 4.75. The van der Waals surface area contributed by atoms with Gasteiger partial charge in [-0.05, 0) is 30.5 Å². The Labute approximate surface area is 159 Å². The van der Waals surface area contributed by atoms with E-state index in [0.29, 0.717) is 22.7 Å². The van der Waals surface area contributed by atoms with Crippen LogP contribution in [0.5, 0.6) is 11.5 Å². The molecule has 0 aromatic heterocycles. The summed E-state index contributed by atoms with van der Waals surface area (Å²) < 4.78 is 10.5. The van der Waals surface area contributed by atoms with Gasteiger partial charge in [0.05, 0.1) is 0 Å². The molecular weight excluding hydrogens is 342 g/mol. The van der Waals surface area contributed by atoms with E-state index in [9.17, 15) is 9.59 Å². The first-order valence-electron chi connectivity index (χ1n) is 9.47. The molecule has 1 aliphatic heterocycles. The van der Waals surface area contributed by atoms with Crippen LogP contribution in [0.4, 0.5) is 5.69 Å². The molecule has 0 atom stereocenters. The molecule has 1 amide bonds. The first-order chi connectivity index (χ1) is 13.2. The molecular formula is C22H25NO4. The van der Waals surface area contributed by atoms with Crippen LogP contribution in [0.1, 0.15) is 54.9 Å². The van der Waals surface area contributed by atoms with Crippen molar-refractivity contribution in [1.82, 2.24) is 0 Å². The lowest BCUT2D eigenvalue weighted by atomic mass is 10.0. The number of rotatable bonds is 9. The maximum absolute atomic E-state index is 12.3. The average Bonchev–Trinajstić information content (AvgIpc) is 3.15. The molecule has 2 aromatic rings. The number of Topliss-reactive ketones (excluding diaryl/α,β-unsaturated/α-hetero) is 1. The molecule has 0 unspecified atom stereocenters. The summed E-state index contributed by atoms with van der Waals surface area (Å²) in [7, 11) is 0. The number of carbonyl (C=O) groups excluding carboxylic acids is 2. The predicted molar refractivity (Wildman–Crippen MR) is 104 cm³/mol. The number of carbonyl (C=O) groups is 2. The highest BCUT2D eigenvalue weighted by Crippen LogP contribution is 2.34. The summed E-state index contributed by atoms with van der Waals surface area (Å²) in [6.45, 7) is 2.38. The molecule has 142 valence electrons. The third-order valence-corrected chi connectivity index (χ3v) is 4.58. The van der Waals surface area contributed by atoms with E-state index in [-0.39, 0.29) is 31.3 Å². The second-order valence-electron chi connectivity index (χ2n) is 6.69. The largest absolute Gasteiger partial charge is 0.454 e. The standard InChI is InChI=1S/C22H25NO4/c1-2-3-4-5-16-6-8-17(9-7-16)19(24)11-13-22(25)23-18-10-12-20-21(14-18)27-15-26-20/h6-10,12,14H,2-5,11,13,15H2,1H3,(H,23,25). The molecule has 0 saturated carbocycles. The van der Waals surface area contributed by atoms with E-state index in [4.69, 9.17) is 9.47 Å². The van der Waals surface area contributed by atoms with E-state index in [0.717, 1.165) is 6.42 Å². The molecule has 5 nitrogen and oxygen atoms in total. The number of hydrogen-bond acceptors (Lipinski definition) is 4. The minimum absolute atomic E-state index is 0.0176. The summed E-state index contributed by atoms with van der Waals surface area (Å²) in [6, 6.07) is 13.0. The lowest BCUT2D eigenvalue weighted by Gasteiger charge is -2.07.